The zero-order chi connectivity index (χ0) is 40.3. The van der Waals surface area contributed by atoms with Crippen LogP contribution < -0.4 is 9.64 Å². The van der Waals surface area contributed by atoms with E-state index in [1.807, 2.05) is 0 Å². The van der Waals surface area contributed by atoms with Crippen LogP contribution in [0.2, 0.25) is 0 Å². The molecule has 9 aromatic carbocycles. The first kappa shape index (κ1) is 35.1. The number of hydrogen-bond acceptors (Lipinski definition) is 2. The SMILES string of the molecule is C1=CCC2C(=C1)Oc1c(-c3ccc(N(c4ccccc4)c4ccc(-c5cccc6ccccc56)cc4)cc3)cc(-n3c4ccccc4c4cc(-c5ccccc5)ccc43)cc12. The average Bonchev–Trinajstić information content (AvgIpc) is 3.88. The van der Waals surface area contributed by atoms with Gasteiger partial charge in [0.1, 0.15) is 11.5 Å². The van der Waals surface area contributed by atoms with Crippen molar-refractivity contribution in [3.63, 3.8) is 0 Å². The van der Waals surface area contributed by atoms with Gasteiger partial charge in [-0.1, -0.05) is 152 Å². The molecule has 1 atom stereocenters. The van der Waals surface area contributed by atoms with Crippen LogP contribution in [0, 0.1) is 0 Å². The predicted octanol–water partition coefficient (Wildman–Crippen LogP) is 15.7. The van der Waals surface area contributed by atoms with Crippen LogP contribution in [-0.2, 0) is 0 Å². The monoisotopic (exact) mass is 780 g/mol. The first-order chi connectivity index (χ1) is 30.2. The van der Waals surface area contributed by atoms with Gasteiger partial charge in [0.15, 0.2) is 0 Å². The van der Waals surface area contributed by atoms with Crippen molar-refractivity contribution in [1.29, 1.82) is 0 Å². The molecule has 2 aliphatic rings. The Labute approximate surface area is 355 Å². The maximum atomic E-state index is 6.79. The summed E-state index contributed by atoms with van der Waals surface area (Å²) in [6, 6.07) is 74.8. The van der Waals surface area contributed by atoms with Crippen LogP contribution in [-0.4, -0.2) is 4.57 Å². The fourth-order valence-electron chi connectivity index (χ4n) is 9.61. The van der Waals surface area contributed by atoms with Crippen molar-refractivity contribution in [1.82, 2.24) is 4.57 Å². The highest BCUT2D eigenvalue weighted by molar-refractivity contribution is 6.10. The van der Waals surface area contributed by atoms with Gasteiger partial charge in [0.05, 0.1) is 11.0 Å². The molecular formula is C58H40N2O. The number of anilines is 3. The number of allylic oxidation sites excluding steroid dienone is 4. The summed E-state index contributed by atoms with van der Waals surface area (Å²) in [6.07, 6.45) is 7.43. The quantitative estimate of drug-likeness (QED) is 0.160. The number of nitrogens with zero attached hydrogens (tertiary/aromatic N) is 2. The smallest absolute Gasteiger partial charge is 0.138 e. The third-order valence-electron chi connectivity index (χ3n) is 12.5. The minimum absolute atomic E-state index is 0.182. The second-order valence-electron chi connectivity index (χ2n) is 16.0. The summed E-state index contributed by atoms with van der Waals surface area (Å²) >= 11 is 0. The van der Waals surface area contributed by atoms with Gasteiger partial charge in [-0.3, -0.25) is 0 Å². The molecular weight excluding hydrogens is 741 g/mol. The summed E-state index contributed by atoms with van der Waals surface area (Å²) in [7, 11) is 0. The van der Waals surface area contributed by atoms with E-state index in [2.05, 4.69) is 234 Å². The number of para-hydroxylation sites is 2. The topological polar surface area (TPSA) is 17.4 Å². The second-order valence-corrected chi connectivity index (χ2v) is 16.0. The Morgan fingerprint density at radius 3 is 1.87 bits per heavy atom. The van der Waals surface area contributed by atoms with Crippen molar-refractivity contribution in [2.75, 3.05) is 4.90 Å². The molecule has 0 fully saturated rings. The summed E-state index contributed by atoms with van der Waals surface area (Å²) in [5, 5.41) is 4.99. The van der Waals surface area contributed by atoms with Crippen LogP contribution in [0.3, 0.4) is 0 Å². The van der Waals surface area contributed by atoms with Crippen LogP contribution in [0.4, 0.5) is 17.1 Å². The molecule has 288 valence electrons. The number of benzene rings is 9. The molecule has 0 amide bonds. The maximum absolute atomic E-state index is 6.79. The second kappa shape index (κ2) is 14.4. The number of aromatic nitrogens is 1. The zero-order valence-corrected chi connectivity index (χ0v) is 33.4. The highest BCUT2D eigenvalue weighted by atomic mass is 16.5. The normalized spacial score (nSPS) is 14.2. The Balaban J connectivity index is 0.975. The molecule has 0 bridgehead atoms. The average molecular weight is 781 g/mol. The molecule has 1 aliphatic heterocycles. The third-order valence-corrected chi connectivity index (χ3v) is 12.5. The van der Waals surface area contributed by atoms with Gasteiger partial charge in [0.2, 0.25) is 0 Å². The van der Waals surface area contributed by atoms with Gasteiger partial charge in [-0.2, -0.15) is 0 Å². The van der Waals surface area contributed by atoms with E-state index in [-0.39, 0.29) is 5.92 Å². The number of hydrogen-bond donors (Lipinski definition) is 0. The maximum Gasteiger partial charge on any atom is 0.138 e. The lowest BCUT2D eigenvalue weighted by Crippen LogP contribution is -2.09. The first-order valence-electron chi connectivity index (χ1n) is 21.1. The lowest BCUT2D eigenvalue weighted by molar-refractivity contribution is 0.426. The van der Waals surface area contributed by atoms with Crippen LogP contribution in [0.15, 0.2) is 230 Å². The van der Waals surface area contributed by atoms with Crippen LogP contribution in [0.5, 0.6) is 5.75 Å². The highest BCUT2D eigenvalue weighted by Crippen LogP contribution is 2.51. The van der Waals surface area contributed by atoms with Crippen molar-refractivity contribution < 1.29 is 4.74 Å². The van der Waals surface area contributed by atoms with Crippen molar-refractivity contribution in [2.45, 2.75) is 12.3 Å². The Morgan fingerprint density at radius 2 is 1.08 bits per heavy atom. The summed E-state index contributed by atoms with van der Waals surface area (Å²) in [5.41, 5.74) is 15.1. The minimum Gasteiger partial charge on any atom is -0.460 e. The highest BCUT2D eigenvalue weighted by Gasteiger charge is 2.33. The van der Waals surface area contributed by atoms with Gasteiger partial charge in [-0.15, -0.1) is 0 Å². The van der Waals surface area contributed by atoms with Gasteiger partial charge in [0.25, 0.3) is 0 Å². The Morgan fingerprint density at radius 1 is 0.459 bits per heavy atom. The first-order valence-corrected chi connectivity index (χ1v) is 21.1. The number of fused-ring (bicyclic) bond motifs is 7. The van der Waals surface area contributed by atoms with Crippen molar-refractivity contribution in [3.05, 3.63) is 236 Å². The van der Waals surface area contributed by atoms with Crippen LogP contribution >= 0.6 is 0 Å². The molecule has 3 nitrogen and oxygen atoms in total. The summed E-state index contributed by atoms with van der Waals surface area (Å²) in [6.45, 7) is 0. The fraction of sp³-hybridized carbons (Fsp3) is 0.0345. The van der Waals surface area contributed by atoms with Gasteiger partial charge >= 0.3 is 0 Å². The van der Waals surface area contributed by atoms with E-state index < -0.39 is 0 Å². The zero-order valence-electron chi connectivity index (χ0n) is 33.4. The molecule has 1 unspecified atom stereocenters. The van der Waals surface area contributed by atoms with Crippen LogP contribution in [0.25, 0.3) is 71.6 Å². The summed E-state index contributed by atoms with van der Waals surface area (Å²) in [4.78, 5) is 2.33. The van der Waals surface area contributed by atoms with Crippen molar-refractivity contribution in [2.24, 2.45) is 0 Å². The van der Waals surface area contributed by atoms with E-state index >= 15 is 0 Å². The molecule has 0 N–H and O–H groups in total. The molecule has 2 heterocycles. The number of ether oxygens (including phenoxy) is 1. The third kappa shape index (κ3) is 5.97. The van der Waals surface area contributed by atoms with Crippen LogP contribution in [0.1, 0.15) is 17.9 Å². The molecule has 0 spiro atoms. The standard InChI is InChI=1S/C58H40N2O/c1-3-14-39(15-4-1)43-30-35-56-53(36-43)50-21-9-11-24-55(50)60(56)47-37-52(58-54(38-47)51-22-10-12-25-57(51)61-58)42-28-33-46(34-29-42)59(44-18-5-2-6-19-44)45-31-26-41(27-32-45)49-23-13-17-40-16-7-8-20-48(40)49/h1-21,23-38,51H,22H2. The van der Waals surface area contributed by atoms with Gasteiger partial charge < -0.3 is 14.2 Å². The molecule has 10 aromatic rings. The van der Waals surface area contributed by atoms with Gasteiger partial charge in [-0.05, 0) is 118 Å². The molecule has 1 aromatic heterocycles. The molecule has 0 radical (unpaired) electrons. The lowest BCUT2D eigenvalue weighted by Gasteiger charge is -2.26. The largest absolute Gasteiger partial charge is 0.460 e. The molecule has 0 saturated heterocycles. The molecule has 0 saturated carbocycles. The van der Waals surface area contributed by atoms with Gasteiger partial charge in [0, 0.05) is 50.6 Å². The van der Waals surface area contributed by atoms with Crippen molar-refractivity contribution >= 4 is 49.6 Å². The summed E-state index contributed by atoms with van der Waals surface area (Å²) in [5.74, 6) is 2.15. The predicted molar refractivity (Wildman–Crippen MR) is 254 cm³/mol. The van der Waals surface area contributed by atoms with E-state index in [0.717, 1.165) is 51.8 Å². The fourth-order valence-corrected chi connectivity index (χ4v) is 9.61. The Kier molecular flexibility index (Phi) is 8.31. The molecule has 61 heavy (non-hydrogen) atoms. The van der Waals surface area contributed by atoms with E-state index in [1.165, 1.54) is 60.4 Å². The Hall–Kier alpha value is -7.88. The Bertz CT molecular complexity index is 3340. The van der Waals surface area contributed by atoms with E-state index in [1.54, 1.807) is 0 Å². The molecule has 3 heteroatoms. The minimum atomic E-state index is 0.182. The van der Waals surface area contributed by atoms with Crippen molar-refractivity contribution in [3.8, 4) is 44.8 Å². The van der Waals surface area contributed by atoms with E-state index in [0.29, 0.717) is 0 Å². The molecule has 12 rings (SSSR count). The van der Waals surface area contributed by atoms with Gasteiger partial charge in [-0.25, -0.2) is 0 Å². The van der Waals surface area contributed by atoms with E-state index in [4.69, 9.17) is 4.74 Å². The molecule has 1 aliphatic carbocycles. The lowest BCUT2D eigenvalue weighted by atomic mass is 9.89. The summed E-state index contributed by atoms with van der Waals surface area (Å²) < 4.78 is 9.23. The number of rotatable bonds is 7. The van der Waals surface area contributed by atoms with E-state index in [9.17, 15) is 0 Å².